The van der Waals surface area contributed by atoms with E-state index in [1.807, 2.05) is 11.1 Å². The van der Waals surface area contributed by atoms with Crippen molar-refractivity contribution in [3.8, 4) is 0 Å². The van der Waals surface area contributed by atoms with Crippen molar-refractivity contribution in [2.24, 2.45) is 3.77 Å². The van der Waals surface area contributed by atoms with Gasteiger partial charge in [-0.15, -0.1) is 4.13 Å². The highest BCUT2D eigenvalue weighted by molar-refractivity contribution is 8.08. The first-order chi connectivity index (χ1) is 9.47. The van der Waals surface area contributed by atoms with Gasteiger partial charge in [0.15, 0.2) is 0 Å². The fourth-order valence-electron chi connectivity index (χ4n) is 1.10. The van der Waals surface area contributed by atoms with Crippen molar-refractivity contribution in [1.29, 1.82) is 0 Å². The van der Waals surface area contributed by atoms with E-state index in [1.165, 1.54) is 0 Å². The quantitative estimate of drug-likeness (QED) is 0.670. The largest absolute Gasteiger partial charge is 0.519 e. The van der Waals surface area contributed by atoms with Gasteiger partial charge in [-0.3, -0.25) is 0 Å². The third kappa shape index (κ3) is 7.56. The first kappa shape index (κ1) is 20.8. The monoisotopic (exact) mass is 372 g/mol. The normalized spacial score (nSPS) is 17.2. The number of hydrogen-bond acceptors (Lipinski definition) is 4. The number of nitrogens with one attached hydrogen (secondary N) is 1. The third-order valence-electron chi connectivity index (χ3n) is 2.19. The van der Waals surface area contributed by atoms with Crippen LogP contribution in [0.2, 0.25) is 0 Å². The Balaban J connectivity index is 5.46. The maximum atomic E-state index is 12.3. The van der Waals surface area contributed by atoms with E-state index < -0.39 is 42.2 Å². The minimum Gasteiger partial charge on any atom is -0.242 e. The number of halogens is 3. The minimum atomic E-state index is -5.90. The topological polar surface area (TPSA) is 92.7 Å². The van der Waals surface area contributed by atoms with E-state index in [0.717, 1.165) is 0 Å². The molecule has 0 aromatic heterocycles. The SMILES string of the molecule is CCCCS(=O)NS(=O)(CCCC)=NS(=O)(=O)C(F)(F)F. The van der Waals surface area contributed by atoms with Crippen LogP contribution in [0.5, 0.6) is 0 Å². The first-order valence-electron chi connectivity index (χ1n) is 6.20. The van der Waals surface area contributed by atoms with Crippen LogP contribution in [0.1, 0.15) is 39.5 Å². The molecule has 128 valence electrons. The Bertz CT molecular complexity index is 565. The molecule has 2 unspecified atom stereocenters. The zero-order chi connectivity index (χ0) is 16.7. The van der Waals surface area contributed by atoms with Crippen molar-refractivity contribution >= 4 is 30.9 Å². The van der Waals surface area contributed by atoms with Gasteiger partial charge in [-0.1, -0.05) is 30.5 Å². The summed E-state index contributed by atoms with van der Waals surface area (Å²) in [5.41, 5.74) is -5.63. The van der Waals surface area contributed by atoms with Gasteiger partial charge in [0.05, 0.1) is 0 Å². The molecule has 0 aliphatic rings. The Morgan fingerprint density at radius 3 is 2.05 bits per heavy atom. The molecule has 0 fully saturated rings. The number of nitrogens with zero attached hydrogens (tertiary/aromatic N) is 1. The van der Waals surface area contributed by atoms with Crippen molar-refractivity contribution in [1.82, 2.24) is 4.13 Å². The zero-order valence-corrected chi connectivity index (χ0v) is 14.1. The third-order valence-corrected chi connectivity index (χ3v) is 7.81. The Kier molecular flexibility index (Phi) is 8.36. The molecule has 0 saturated carbocycles. The van der Waals surface area contributed by atoms with Gasteiger partial charge in [0, 0.05) is 11.5 Å². The van der Waals surface area contributed by atoms with Gasteiger partial charge in [0.25, 0.3) is 0 Å². The highest BCUT2D eigenvalue weighted by atomic mass is 32.3. The molecule has 0 spiro atoms. The highest BCUT2D eigenvalue weighted by Crippen LogP contribution is 2.25. The van der Waals surface area contributed by atoms with E-state index >= 15 is 0 Å². The van der Waals surface area contributed by atoms with E-state index in [9.17, 15) is 30.0 Å². The van der Waals surface area contributed by atoms with Crippen molar-refractivity contribution in [2.75, 3.05) is 11.5 Å². The average Bonchev–Trinajstić information content (AvgIpc) is 2.31. The second-order valence-electron chi connectivity index (χ2n) is 4.18. The highest BCUT2D eigenvalue weighted by Gasteiger charge is 2.47. The number of unbranched alkanes of at least 4 members (excludes halogenated alkanes) is 2. The molecule has 21 heavy (non-hydrogen) atoms. The summed E-state index contributed by atoms with van der Waals surface area (Å²) in [6.45, 7) is 3.50. The summed E-state index contributed by atoms with van der Waals surface area (Å²) in [6.07, 6.45) is 1.84. The second-order valence-corrected chi connectivity index (χ2v) is 9.64. The molecule has 2 atom stereocenters. The molecule has 0 amide bonds. The van der Waals surface area contributed by atoms with Gasteiger partial charge < -0.3 is 0 Å². The number of alkyl halides is 3. The lowest BCUT2D eigenvalue weighted by molar-refractivity contribution is -0.0434. The van der Waals surface area contributed by atoms with Crippen LogP contribution < -0.4 is 4.13 Å². The summed E-state index contributed by atoms with van der Waals surface area (Å²) in [7, 11) is -11.8. The Morgan fingerprint density at radius 1 is 1.10 bits per heavy atom. The molecule has 0 bridgehead atoms. The number of sulfonamides is 1. The average molecular weight is 372 g/mol. The van der Waals surface area contributed by atoms with Crippen LogP contribution in [0.3, 0.4) is 0 Å². The van der Waals surface area contributed by atoms with E-state index in [1.54, 1.807) is 6.92 Å². The van der Waals surface area contributed by atoms with Crippen molar-refractivity contribution in [3.05, 3.63) is 0 Å². The molecule has 0 rings (SSSR count). The Labute approximate surface area is 125 Å². The fraction of sp³-hybridized carbons (Fsp3) is 1.00. The lowest BCUT2D eigenvalue weighted by atomic mass is 10.4. The molecule has 12 heteroatoms. The van der Waals surface area contributed by atoms with Crippen molar-refractivity contribution < 1.29 is 30.0 Å². The molecule has 0 aliphatic carbocycles. The van der Waals surface area contributed by atoms with Crippen LogP contribution in [-0.2, 0) is 30.9 Å². The maximum Gasteiger partial charge on any atom is 0.519 e. The van der Waals surface area contributed by atoms with Gasteiger partial charge in [0.1, 0.15) is 20.9 Å². The first-order valence-corrected chi connectivity index (χ1v) is 10.6. The molecular weight excluding hydrogens is 353 g/mol. The smallest absolute Gasteiger partial charge is 0.242 e. The van der Waals surface area contributed by atoms with E-state index in [4.69, 9.17) is 0 Å². The van der Waals surface area contributed by atoms with Crippen LogP contribution in [0.25, 0.3) is 0 Å². The Morgan fingerprint density at radius 2 is 1.62 bits per heavy atom. The van der Waals surface area contributed by atoms with Crippen LogP contribution in [0.15, 0.2) is 3.77 Å². The van der Waals surface area contributed by atoms with Crippen molar-refractivity contribution in [2.45, 2.75) is 45.0 Å². The van der Waals surface area contributed by atoms with Crippen LogP contribution >= 0.6 is 0 Å². The van der Waals surface area contributed by atoms with Crippen LogP contribution in [-0.4, -0.2) is 33.8 Å². The lowest BCUT2D eigenvalue weighted by Gasteiger charge is -2.12. The molecule has 0 aromatic rings. The summed E-state index contributed by atoms with van der Waals surface area (Å²) >= 11 is 0. The molecule has 0 heterocycles. The lowest BCUT2D eigenvalue weighted by Crippen LogP contribution is -2.32. The molecule has 0 aromatic carbocycles. The van der Waals surface area contributed by atoms with Crippen LogP contribution in [0.4, 0.5) is 13.2 Å². The zero-order valence-electron chi connectivity index (χ0n) is 11.7. The summed E-state index contributed by atoms with van der Waals surface area (Å²) in [6, 6.07) is 0. The number of hydrogen-bond donors (Lipinski definition) is 1. The van der Waals surface area contributed by atoms with Gasteiger partial charge in [-0.25, -0.2) is 8.42 Å². The van der Waals surface area contributed by atoms with Gasteiger partial charge in [-0.05, 0) is 12.8 Å². The van der Waals surface area contributed by atoms with E-state index in [2.05, 4.69) is 3.77 Å². The fourth-order valence-corrected chi connectivity index (χ4v) is 6.46. The van der Waals surface area contributed by atoms with E-state index in [-0.39, 0.29) is 12.2 Å². The molecule has 0 aliphatic heterocycles. The molecule has 6 nitrogen and oxygen atoms in total. The van der Waals surface area contributed by atoms with Crippen molar-refractivity contribution in [3.63, 3.8) is 0 Å². The van der Waals surface area contributed by atoms with Gasteiger partial charge >= 0.3 is 15.5 Å². The predicted molar refractivity (Wildman–Crippen MR) is 76.4 cm³/mol. The van der Waals surface area contributed by atoms with E-state index in [0.29, 0.717) is 19.3 Å². The predicted octanol–water partition coefficient (Wildman–Crippen LogP) is 2.07. The maximum absolute atomic E-state index is 12.3. The number of rotatable bonds is 9. The standard InChI is InChI=1S/C9H19F3N2O4S3/c1-3-5-7-19(15)13-20(16,8-6-4-2)14-21(17,18)9(10,11)12/h3-8H2,1-2H3,(H,13,14,16). The van der Waals surface area contributed by atoms with Gasteiger partial charge in [0.2, 0.25) is 0 Å². The summed E-state index contributed by atoms with van der Waals surface area (Å²) < 4.78 is 87.2. The molecule has 0 saturated heterocycles. The summed E-state index contributed by atoms with van der Waals surface area (Å²) in [5, 5.41) is 0. The Hall–Kier alpha value is -0.200. The second kappa shape index (κ2) is 8.44. The summed E-state index contributed by atoms with van der Waals surface area (Å²) in [4.78, 5) is 0. The molecular formula is C9H19F3N2O4S3. The molecule has 0 radical (unpaired) electrons. The molecule has 1 N–H and O–H groups in total. The van der Waals surface area contributed by atoms with Gasteiger partial charge in [-0.2, -0.15) is 21.6 Å². The van der Waals surface area contributed by atoms with Crippen LogP contribution in [0, 0.1) is 0 Å². The summed E-state index contributed by atoms with van der Waals surface area (Å²) in [5.74, 6) is -0.363. The minimum absolute atomic E-state index is 0.0567.